The Morgan fingerprint density at radius 3 is 2.56 bits per heavy atom. The highest BCUT2D eigenvalue weighted by atomic mass is 32.1. The summed E-state index contributed by atoms with van der Waals surface area (Å²) in [4.78, 5) is 16.7. The van der Waals surface area contributed by atoms with Crippen molar-refractivity contribution in [3.63, 3.8) is 0 Å². The summed E-state index contributed by atoms with van der Waals surface area (Å²) >= 11 is 1.43. The minimum atomic E-state index is -0.287. The van der Waals surface area contributed by atoms with Crippen molar-refractivity contribution in [2.45, 2.75) is 13.0 Å². The van der Waals surface area contributed by atoms with Crippen LogP contribution in [0.4, 0.5) is 4.39 Å². The summed E-state index contributed by atoms with van der Waals surface area (Å²) in [7, 11) is 3.15. The van der Waals surface area contributed by atoms with Gasteiger partial charge in [0.15, 0.2) is 11.5 Å². The van der Waals surface area contributed by atoms with Crippen molar-refractivity contribution in [3.8, 4) is 22.1 Å². The molecule has 3 aromatic rings. The van der Waals surface area contributed by atoms with Gasteiger partial charge < -0.3 is 14.8 Å². The zero-order valence-electron chi connectivity index (χ0n) is 15.0. The van der Waals surface area contributed by atoms with Crippen LogP contribution in [-0.2, 0) is 17.8 Å². The van der Waals surface area contributed by atoms with Crippen LogP contribution in [0.1, 0.15) is 11.3 Å². The third-order valence-corrected chi connectivity index (χ3v) is 4.86. The number of carbonyl (C=O) groups is 1. The molecule has 2 aromatic carbocycles. The molecule has 0 aliphatic rings. The number of ether oxygens (including phenoxy) is 2. The first-order valence-electron chi connectivity index (χ1n) is 8.27. The Balaban J connectivity index is 1.58. The van der Waals surface area contributed by atoms with Gasteiger partial charge >= 0.3 is 0 Å². The molecule has 7 heteroatoms. The van der Waals surface area contributed by atoms with Crippen molar-refractivity contribution in [2.75, 3.05) is 14.2 Å². The summed E-state index contributed by atoms with van der Waals surface area (Å²) in [6.07, 6.45) is 0.186. The van der Waals surface area contributed by atoms with Gasteiger partial charge in [0.25, 0.3) is 0 Å². The Morgan fingerprint density at radius 1 is 1.11 bits per heavy atom. The highest BCUT2D eigenvalue weighted by Crippen LogP contribution is 2.27. The van der Waals surface area contributed by atoms with E-state index in [1.165, 1.54) is 23.5 Å². The third kappa shape index (κ3) is 4.83. The topological polar surface area (TPSA) is 60.5 Å². The van der Waals surface area contributed by atoms with Gasteiger partial charge in [0.05, 0.1) is 26.3 Å². The predicted molar refractivity (Wildman–Crippen MR) is 103 cm³/mol. The second-order valence-corrected chi connectivity index (χ2v) is 6.65. The van der Waals surface area contributed by atoms with Gasteiger partial charge in [-0.05, 0) is 42.0 Å². The lowest BCUT2D eigenvalue weighted by molar-refractivity contribution is -0.120. The molecule has 0 spiro atoms. The number of benzene rings is 2. The normalized spacial score (nSPS) is 10.5. The second kappa shape index (κ2) is 8.64. The molecule has 0 fully saturated rings. The zero-order valence-corrected chi connectivity index (χ0v) is 15.8. The number of carbonyl (C=O) groups excluding carboxylic acids is 1. The van der Waals surface area contributed by atoms with Gasteiger partial charge in [-0.1, -0.05) is 6.07 Å². The molecule has 0 radical (unpaired) electrons. The molecule has 0 aliphatic heterocycles. The van der Waals surface area contributed by atoms with Crippen molar-refractivity contribution in [3.05, 3.63) is 64.9 Å². The number of rotatable bonds is 7. The quantitative estimate of drug-likeness (QED) is 0.671. The van der Waals surface area contributed by atoms with Crippen LogP contribution in [0.3, 0.4) is 0 Å². The van der Waals surface area contributed by atoms with Gasteiger partial charge in [-0.15, -0.1) is 11.3 Å². The van der Waals surface area contributed by atoms with Crippen LogP contribution >= 0.6 is 11.3 Å². The van der Waals surface area contributed by atoms with E-state index < -0.39 is 0 Å². The van der Waals surface area contributed by atoms with E-state index in [1.807, 2.05) is 17.5 Å². The highest BCUT2D eigenvalue weighted by Gasteiger charge is 2.10. The van der Waals surface area contributed by atoms with Crippen LogP contribution in [0, 0.1) is 5.82 Å². The van der Waals surface area contributed by atoms with Gasteiger partial charge in [0.1, 0.15) is 10.8 Å². The number of methoxy groups -OCH3 is 2. The van der Waals surface area contributed by atoms with Crippen molar-refractivity contribution in [1.82, 2.24) is 10.3 Å². The maximum absolute atomic E-state index is 13.0. The molecule has 1 aromatic heterocycles. The second-order valence-electron chi connectivity index (χ2n) is 5.79. The van der Waals surface area contributed by atoms with Gasteiger partial charge in [-0.2, -0.15) is 0 Å². The fraction of sp³-hybridized carbons (Fsp3) is 0.200. The summed E-state index contributed by atoms with van der Waals surface area (Å²) in [5, 5.41) is 5.48. The van der Waals surface area contributed by atoms with E-state index in [9.17, 15) is 9.18 Å². The van der Waals surface area contributed by atoms with Crippen molar-refractivity contribution in [2.24, 2.45) is 0 Å². The van der Waals surface area contributed by atoms with Gasteiger partial charge in [-0.3, -0.25) is 4.79 Å². The fourth-order valence-corrected chi connectivity index (χ4v) is 3.36. The molecule has 3 rings (SSSR count). The molecule has 27 heavy (non-hydrogen) atoms. The number of nitrogens with zero attached hydrogens (tertiary/aromatic N) is 1. The first-order chi connectivity index (χ1) is 13.1. The van der Waals surface area contributed by atoms with E-state index in [0.717, 1.165) is 16.1 Å². The van der Waals surface area contributed by atoms with E-state index in [0.29, 0.717) is 23.7 Å². The average Bonchev–Trinajstić information content (AvgIpc) is 3.15. The largest absolute Gasteiger partial charge is 0.493 e. The molecule has 0 bridgehead atoms. The molecule has 140 valence electrons. The number of nitrogens with one attached hydrogen (secondary N) is 1. The molecule has 0 saturated carbocycles. The summed E-state index contributed by atoms with van der Waals surface area (Å²) in [6.45, 7) is 0.383. The lowest BCUT2D eigenvalue weighted by Gasteiger charge is -2.10. The number of thiazole rings is 1. The van der Waals surface area contributed by atoms with E-state index in [2.05, 4.69) is 10.3 Å². The van der Waals surface area contributed by atoms with Crippen LogP contribution in [0.15, 0.2) is 47.8 Å². The summed E-state index contributed by atoms with van der Waals surface area (Å²) in [5.74, 6) is 0.849. The SMILES string of the molecule is COc1ccc(CNC(=O)Cc2csc(-c3ccc(F)cc3)n2)cc1OC. The summed E-state index contributed by atoms with van der Waals surface area (Å²) < 4.78 is 23.5. The molecule has 1 heterocycles. The molecule has 0 saturated heterocycles. The number of halogens is 1. The summed E-state index contributed by atoms with van der Waals surface area (Å²) in [6, 6.07) is 11.6. The monoisotopic (exact) mass is 386 g/mol. The molecular weight excluding hydrogens is 367 g/mol. The molecule has 5 nitrogen and oxygen atoms in total. The highest BCUT2D eigenvalue weighted by molar-refractivity contribution is 7.13. The van der Waals surface area contributed by atoms with Crippen molar-refractivity contribution < 1.29 is 18.7 Å². The molecule has 0 aliphatic carbocycles. The Morgan fingerprint density at radius 2 is 1.85 bits per heavy atom. The van der Waals surface area contributed by atoms with Crippen LogP contribution in [-0.4, -0.2) is 25.1 Å². The number of amides is 1. The van der Waals surface area contributed by atoms with Crippen LogP contribution in [0.25, 0.3) is 10.6 Å². The molecule has 1 N–H and O–H groups in total. The summed E-state index contributed by atoms with van der Waals surface area (Å²) in [5.41, 5.74) is 2.42. The van der Waals surface area contributed by atoms with Crippen molar-refractivity contribution in [1.29, 1.82) is 0 Å². The maximum atomic E-state index is 13.0. The Hall–Kier alpha value is -2.93. The Kier molecular flexibility index (Phi) is 6.03. The van der Waals surface area contributed by atoms with Crippen LogP contribution < -0.4 is 14.8 Å². The predicted octanol–water partition coefficient (Wildman–Crippen LogP) is 3.83. The first kappa shape index (κ1) is 18.8. The third-order valence-electron chi connectivity index (χ3n) is 3.92. The van der Waals surface area contributed by atoms with Crippen molar-refractivity contribution >= 4 is 17.2 Å². The van der Waals surface area contributed by atoms with Gasteiger partial charge in [0.2, 0.25) is 5.91 Å². The number of aromatic nitrogens is 1. The van der Waals surface area contributed by atoms with Crippen LogP contribution in [0.2, 0.25) is 0 Å². The molecular formula is C20H19FN2O3S. The number of hydrogen-bond acceptors (Lipinski definition) is 5. The smallest absolute Gasteiger partial charge is 0.226 e. The Bertz CT molecular complexity index is 925. The molecule has 0 atom stereocenters. The molecule has 1 amide bonds. The minimum absolute atomic E-state index is 0.124. The zero-order chi connectivity index (χ0) is 19.2. The van der Waals surface area contributed by atoms with E-state index >= 15 is 0 Å². The van der Waals surface area contributed by atoms with E-state index in [-0.39, 0.29) is 18.1 Å². The Labute approximate surface area is 160 Å². The van der Waals surface area contributed by atoms with E-state index in [1.54, 1.807) is 32.4 Å². The van der Waals surface area contributed by atoms with Crippen LogP contribution in [0.5, 0.6) is 11.5 Å². The lowest BCUT2D eigenvalue weighted by atomic mass is 10.2. The van der Waals surface area contributed by atoms with Gasteiger partial charge in [0, 0.05) is 17.5 Å². The minimum Gasteiger partial charge on any atom is -0.493 e. The van der Waals surface area contributed by atoms with E-state index in [4.69, 9.17) is 9.47 Å². The lowest BCUT2D eigenvalue weighted by Crippen LogP contribution is -2.24. The maximum Gasteiger partial charge on any atom is 0.226 e. The first-order valence-corrected chi connectivity index (χ1v) is 9.15. The molecule has 0 unspecified atom stereocenters. The fourth-order valence-electron chi connectivity index (χ4n) is 2.53. The average molecular weight is 386 g/mol. The number of hydrogen-bond donors (Lipinski definition) is 1. The standard InChI is InChI=1S/C20H19FN2O3S/c1-25-17-8-3-13(9-18(17)26-2)11-22-19(24)10-16-12-27-20(23-16)14-4-6-15(21)7-5-14/h3-9,12H,10-11H2,1-2H3,(H,22,24). The van der Waals surface area contributed by atoms with Gasteiger partial charge in [-0.25, -0.2) is 9.37 Å².